The molecule has 0 saturated carbocycles. The van der Waals surface area contributed by atoms with Gasteiger partial charge in [-0.1, -0.05) is 29.8 Å². The van der Waals surface area contributed by atoms with Crippen molar-refractivity contribution >= 4 is 34.8 Å². The van der Waals surface area contributed by atoms with Gasteiger partial charge in [0.15, 0.2) is 0 Å². The van der Waals surface area contributed by atoms with Crippen molar-refractivity contribution < 1.29 is 14.3 Å². The standard InChI is InChI=1S/C15H13ClN2O3/c1-21-11-6-4-5-10(9-11)17-14(19)15(20)18-13-8-3-2-7-12(13)16/h2-9H,1H3,(H,17,19)(H,18,20). The van der Waals surface area contributed by atoms with Crippen LogP contribution < -0.4 is 15.4 Å². The number of anilines is 2. The van der Waals surface area contributed by atoms with E-state index in [2.05, 4.69) is 10.6 Å². The zero-order chi connectivity index (χ0) is 15.2. The van der Waals surface area contributed by atoms with Crippen molar-refractivity contribution in [2.45, 2.75) is 0 Å². The van der Waals surface area contributed by atoms with Gasteiger partial charge in [-0.15, -0.1) is 0 Å². The molecule has 0 saturated heterocycles. The van der Waals surface area contributed by atoms with Crippen LogP contribution in [-0.2, 0) is 9.59 Å². The predicted octanol–water partition coefficient (Wildman–Crippen LogP) is 2.93. The summed E-state index contributed by atoms with van der Waals surface area (Å²) in [6, 6.07) is 13.4. The molecule has 2 amide bonds. The fraction of sp³-hybridized carbons (Fsp3) is 0.0667. The summed E-state index contributed by atoms with van der Waals surface area (Å²) in [6.45, 7) is 0. The Morgan fingerprint density at radius 3 is 2.43 bits per heavy atom. The van der Waals surface area contributed by atoms with Crippen LogP contribution in [0.1, 0.15) is 0 Å². The van der Waals surface area contributed by atoms with Crippen LogP contribution in [0.15, 0.2) is 48.5 Å². The van der Waals surface area contributed by atoms with Crippen LogP contribution in [-0.4, -0.2) is 18.9 Å². The number of carbonyl (C=O) groups excluding carboxylic acids is 2. The summed E-state index contributed by atoms with van der Waals surface area (Å²) < 4.78 is 5.04. The molecule has 2 rings (SSSR count). The lowest BCUT2D eigenvalue weighted by atomic mass is 10.3. The van der Waals surface area contributed by atoms with Crippen LogP contribution in [0.4, 0.5) is 11.4 Å². The Labute approximate surface area is 126 Å². The van der Waals surface area contributed by atoms with E-state index < -0.39 is 11.8 Å². The van der Waals surface area contributed by atoms with Crippen LogP contribution in [0.25, 0.3) is 0 Å². The molecule has 0 aliphatic rings. The largest absolute Gasteiger partial charge is 0.497 e. The number of hydrogen-bond donors (Lipinski definition) is 2. The minimum Gasteiger partial charge on any atom is -0.497 e. The van der Waals surface area contributed by atoms with Crippen molar-refractivity contribution in [2.24, 2.45) is 0 Å². The summed E-state index contributed by atoms with van der Waals surface area (Å²) in [7, 11) is 1.52. The van der Waals surface area contributed by atoms with Crippen molar-refractivity contribution in [1.29, 1.82) is 0 Å². The van der Waals surface area contributed by atoms with Gasteiger partial charge in [0, 0.05) is 11.8 Å². The number of carbonyl (C=O) groups is 2. The SMILES string of the molecule is COc1cccc(NC(=O)C(=O)Nc2ccccc2Cl)c1. The summed E-state index contributed by atoms with van der Waals surface area (Å²) in [5, 5.41) is 5.29. The summed E-state index contributed by atoms with van der Waals surface area (Å²) >= 11 is 5.91. The molecular formula is C15H13ClN2O3. The van der Waals surface area contributed by atoms with E-state index in [9.17, 15) is 9.59 Å². The third kappa shape index (κ3) is 3.97. The molecule has 21 heavy (non-hydrogen) atoms. The van der Waals surface area contributed by atoms with Crippen LogP contribution in [0.3, 0.4) is 0 Å². The van der Waals surface area contributed by atoms with Gasteiger partial charge in [-0.2, -0.15) is 0 Å². The van der Waals surface area contributed by atoms with Gasteiger partial charge in [-0.25, -0.2) is 0 Å². The zero-order valence-corrected chi connectivity index (χ0v) is 12.0. The molecule has 2 N–H and O–H groups in total. The summed E-state index contributed by atoms with van der Waals surface area (Å²) in [6.07, 6.45) is 0. The number of para-hydroxylation sites is 1. The first-order valence-electron chi connectivity index (χ1n) is 6.11. The number of benzene rings is 2. The molecule has 0 fully saturated rings. The van der Waals surface area contributed by atoms with Crippen molar-refractivity contribution in [3.05, 3.63) is 53.6 Å². The quantitative estimate of drug-likeness (QED) is 0.857. The molecule has 0 bridgehead atoms. The first-order valence-corrected chi connectivity index (χ1v) is 6.49. The van der Waals surface area contributed by atoms with Gasteiger partial charge in [-0.3, -0.25) is 9.59 Å². The van der Waals surface area contributed by atoms with Gasteiger partial charge in [0.1, 0.15) is 5.75 Å². The average Bonchev–Trinajstić information content (AvgIpc) is 2.49. The van der Waals surface area contributed by atoms with E-state index in [1.54, 1.807) is 48.5 Å². The predicted molar refractivity (Wildman–Crippen MR) is 81.7 cm³/mol. The summed E-state index contributed by atoms with van der Waals surface area (Å²) in [5.74, 6) is -1.01. The van der Waals surface area contributed by atoms with Crippen molar-refractivity contribution in [1.82, 2.24) is 0 Å². The van der Waals surface area contributed by atoms with Crippen LogP contribution in [0.5, 0.6) is 5.75 Å². The Kier molecular flexibility index (Phi) is 4.79. The zero-order valence-electron chi connectivity index (χ0n) is 11.2. The molecule has 5 nitrogen and oxygen atoms in total. The van der Waals surface area contributed by atoms with Crippen molar-refractivity contribution in [3.63, 3.8) is 0 Å². The molecule has 0 atom stereocenters. The normalized spacial score (nSPS) is 9.81. The average molecular weight is 305 g/mol. The maximum Gasteiger partial charge on any atom is 0.314 e. The third-order valence-electron chi connectivity index (χ3n) is 2.66. The van der Waals surface area contributed by atoms with Gasteiger partial charge in [0.25, 0.3) is 0 Å². The molecule has 0 spiro atoms. The molecule has 0 aliphatic heterocycles. The molecular weight excluding hydrogens is 292 g/mol. The van der Waals surface area contributed by atoms with E-state index in [1.165, 1.54) is 7.11 Å². The topological polar surface area (TPSA) is 67.4 Å². The molecule has 0 radical (unpaired) electrons. The molecule has 0 aromatic heterocycles. The summed E-state index contributed by atoms with van der Waals surface area (Å²) in [5.41, 5.74) is 0.846. The second-order valence-electron chi connectivity index (χ2n) is 4.12. The van der Waals surface area contributed by atoms with E-state index in [-0.39, 0.29) is 0 Å². The number of rotatable bonds is 3. The number of methoxy groups -OCH3 is 1. The Balaban J connectivity index is 2.03. The Bertz CT molecular complexity index is 673. The Morgan fingerprint density at radius 1 is 1.00 bits per heavy atom. The van der Waals surface area contributed by atoms with Crippen LogP contribution in [0, 0.1) is 0 Å². The molecule has 0 unspecified atom stereocenters. The lowest BCUT2D eigenvalue weighted by molar-refractivity contribution is -0.132. The Hall–Kier alpha value is -2.53. The third-order valence-corrected chi connectivity index (χ3v) is 2.99. The first kappa shape index (κ1) is 14.9. The molecule has 0 aliphatic carbocycles. The molecule has 2 aromatic carbocycles. The van der Waals surface area contributed by atoms with E-state index in [4.69, 9.17) is 16.3 Å². The van der Waals surface area contributed by atoms with Crippen molar-refractivity contribution in [3.8, 4) is 5.75 Å². The first-order chi connectivity index (χ1) is 10.1. The van der Waals surface area contributed by atoms with E-state index in [0.29, 0.717) is 22.1 Å². The van der Waals surface area contributed by atoms with Crippen LogP contribution in [0.2, 0.25) is 5.02 Å². The van der Waals surface area contributed by atoms with Gasteiger partial charge >= 0.3 is 11.8 Å². The minimum absolute atomic E-state index is 0.361. The van der Waals surface area contributed by atoms with E-state index in [0.717, 1.165) is 0 Å². The highest BCUT2D eigenvalue weighted by Crippen LogP contribution is 2.20. The fourth-order valence-electron chi connectivity index (χ4n) is 1.63. The van der Waals surface area contributed by atoms with Crippen molar-refractivity contribution in [2.75, 3.05) is 17.7 Å². The fourth-order valence-corrected chi connectivity index (χ4v) is 1.81. The molecule has 108 valence electrons. The molecule has 2 aromatic rings. The second kappa shape index (κ2) is 6.76. The number of nitrogens with one attached hydrogen (secondary N) is 2. The number of hydrogen-bond acceptors (Lipinski definition) is 3. The smallest absolute Gasteiger partial charge is 0.314 e. The molecule has 6 heteroatoms. The van der Waals surface area contributed by atoms with Gasteiger partial charge in [0.2, 0.25) is 0 Å². The van der Waals surface area contributed by atoms with E-state index in [1.807, 2.05) is 0 Å². The second-order valence-corrected chi connectivity index (χ2v) is 4.53. The maximum atomic E-state index is 11.8. The number of ether oxygens (including phenoxy) is 1. The molecule has 0 heterocycles. The minimum atomic E-state index is -0.800. The number of amides is 2. The number of halogens is 1. The lowest BCUT2D eigenvalue weighted by Gasteiger charge is -2.08. The lowest BCUT2D eigenvalue weighted by Crippen LogP contribution is -2.29. The highest BCUT2D eigenvalue weighted by atomic mass is 35.5. The van der Waals surface area contributed by atoms with E-state index >= 15 is 0 Å². The Morgan fingerprint density at radius 2 is 1.71 bits per heavy atom. The summed E-state index contributed by atoms with van der Waals surface area (Å²) in [4.78, 5) is 23.6. The van der Waals surface area contributed by atoms with Gasteiger partial charge < -0.3 is 15.4 Å². The highest BCUT2D eigenvalue weighted by molar-refractivity contribution is 6.44. The highest BCUT2D eigenvalue weighted by Gasteiger charge is 2.15. The van der Waals surface area contributed by atoms with Gasteiger partial charge in [0.05, 0.1) is 17.8 Å². The maximum absolute atomic E-state index is 11.8. The van der Waals surface area contributed by atoms with Crippen LogP contribution >= 0.6 is 11.6 Å². The monoisotopic (exact) mass is 304 g/mol. The van der Waals surface area contributed by atoms with Gasteiger partial charge in [-0.05, 0) is 24.3 Å².